The lowest BCUT2D eigenvalue weighted by Crippen LogP contribution is -1.97. The van der Waals surface area contributed by atoms with Gasteiger partial charge in [0.05, 0.1) is 0 Å². The minimum absolute atomic E-state index is 0.0126. The minimum Gasteiger partial charge on any atom is -0.478 e. The van der Waals surface area contributed by atoms with Crippen molar-refractivity contribution in [3.8, 4) is 0 Å². The van der Waals surface area contributed by atoms with Crippen LogP contribution < -0.4 is 0 Å². The molecule has 2 N–H and O–H groups in total. The van der Waals surface area contributed by atoms with E-state index in [1.807, 2.05) is 0 Å². The molecular weight excluding hydrogens is 352 g/mol. The molecule has 10 heteroatoms. The summed E-state index contributed by atoms with van der Waals surface area (Å²) in [7, 11) is 0. The Morgan fingerprint density at radius 1 is 0.692 bits per heavy atom. The standard InChI is InChI=1S/2C4H6O3.2C4H6O2/c2*5-1-3-7-4-2-6;2*1-3(2)4(5)6/h2*1-2H,3-4H2;2*1H2,2H3,(H,5,6). The molecule has 0 rings (SSSR count). The first-order valence-corrected chi connectivity index (χ1v) is 6.79. The molecule has 0 heterocycles. The number of aliphatic carboxylic acids is 2. The largest absolute Gasteiger partial charge is 0.478 e. The van der Waals surface area contributed by atoms with E-state index in [-0.39, 0.29) is 37.6 Å². The van der Waals surface area contributed by atoms with Gasteiger partial charge >= 0.3 is 11.9 Å². The quantitative estimate of drug-likeness (QED) is 0.304. The SMILES string of the molecule is C=C(C)C(=O)O.C=C(C)C(=O)O.O=CCOCC=O.O=CCOCC=O. The van der Waals surface area contributed by atoms with Crippen molar-refractivity contribution in [3.05, 3.63) is 24.3 Å². The zero-order valence-electron chi connectivity index (χ0n) is 14.7. The number of hydrogen-bond donors (Lipinski definition) is 2. The molecule has 0 atom stereocenters. The van der Waals surface area contributed by atoms with Gasteiger partial charge in [-0.2, -0.15) is 0 Å². The highest BCUT2D eigenvalue weighted by atomic mass is 16.5. The number of carboxylic acids is 2. The highest BCUT2D eigenvalue weighted by Crippen LogP contribution is 1.81. The molecule has 148 valence electrons. The van der Waals surface area contributed by atoms with Crippen molar-refractivity contribution in [2.75, 3.05) is 26.4 Å². The third-order valence-corrected chi connectivity index (χ3v) is 1.47. The first-order valence-electron chi connectivity index (χ1n) is 6.79. The van der Waals surface area contributed by atoms with Crippen LogP contribution in [-0.2, 0) is 38.2 Å². The molecule has 0 aliphatic rings. The summed E-state index contributed by atoms with van der Waals surface area (Å²) < 4.78 is 8.79. The fourth-order valence-electron chi connectivity index (χ4n) is 0.329. The van der Waals surface area contributed by atoms with Crippen molar-refractivity contribution in [1.29, 1.82) is 0 Å². The van der Waals surface area contributed by atoms with Crippen LogP contribution in [0, 0.1) is 0 Å². The Kier molecular flexibility index (Phi) is 31.9. The normalized spacial score (nSPS) is 7.77. The van der Waals surface area contributed by atoms with Crippen LogP contribution in [-0.4, -0.2) is 73.7 Å². The van der Waals surface area contributed by atoms with Crippen molar-refractivity contribution >= 4 is 37.1 Å². The van der Waals surface area contributed by atoms with Crippen LogP contribution >= 0.6 is 0 Å². The number of rotatable bonds is 10. The molecule has 0 amide bonds. The molecule has 0 aliphatic heterocycles. The highest BCUT2D eigenvalue weighted by molar-refractivity contribution is 5.85. The zero-order valence-corrected chi connectivity index (χ0v) is 14.7. The predicted octanol–water partition coefficient (Wildman–Crippen LogP) is 0.0958. The lowest BCUT2D eigenvalue weighted by molar-refractivity contribution is -0.133. The zero-order chi connectivity index (χ0) is 21.4. The Morgan fingerprint density at radius 2 is 0.846 bits per heavy atom. The van der Waals surface area contributed by atoms with Crippen LogP contribution in [0.2, 0.25) is 0 Å². The van der Waals surface area contributed by atoms with Gasteiger partial charge in [0.1, 0.15) is 51.6 Å². The number of carbonyl (C=O) groups excluding carboxylic acids is 4. The van der Waals surface area contributed by atoms with E-state index in [4.69, 9.17) is 10.2 Å². The fraction of sp³-hybridized carbons (Fsp3) is 0.375. The molecular formula is C16H24O10. The number of hydrogen-bond acceptors (Lipinski definition) is 8. The molecule has 0 spiro atoms. The molecule has 0 radical (unpaired) electrons. The van der Waals surface area contributed by atoms with Crippen LogP contribution in [0.1, 0.15) is 13.8 Å². The molecule has 0 aliphatic carbocycles. The molecule has 0 fully saturated rings. The summed E-state index contributed by atoms with van der Waals surface area (Å²) in [5.74, 6) is -1.87. The van der Waals surface area contributed by atoms with Gasteiger partial charge in [-0.05, 0) is 13.8 Å². The van der Waals surface area contributed by atoms with Crippen molar-refractivity contribution in [3.63, 3.8) is 0 Å². The van der Waals surface area contributed by atoms with E-state index in [0.29, 0.717) is 25.1 Å². The molecule has 0 aromatic rings. The molecule has 0 saturated carbocycles. The average molecular weight is 376 g/mol. The lowest BCUT2D eigenvalue weighted by atomic mass is 10.4. The van der Waals surface area contributed by atoms with E-state index in [2.05, 4.69) is 22.6 Å². The van der Waals surface area contributed by atoms with Gasteiger partial charge in [-0.1, -0.05) is 13.2 Å². The Morgan fingerprint density at radius 3 is 0.923 bits per heavy atom. The summed E-state index contributed by atoms with van der Waals surface area (Å²) in [5.41, 5.74) is 0.352. The Bertz CT molecular complexity index is 372. The maximum absolute atomic E-state index is 9.60. The van der Waals surface area contributed by atoms with Crippen molar-refractivity contribution in [2.45, 2.75) is 13.8 Å². The monoisotopic (exact) mass is 376 g/mol. The second kappa shape index (κ2) is 26.9. The Hall–Kier alpha value is -2.98. The average Bonchev–Trinajstić information content (AvgIpc) is 2.57. The number of carboxylic acid groups (broad SMARTS) is 2. The van der Waals surface area contributed by atoms with Gasteiger partial charge in [-0.15, -0.1) is 0 Å². The van der Waals surface area contributed by atoms with E-state index in [0.717, 1.165) is 0 Å². The van der Waals surface area contributed by atoms with E-state index < -0.39 is 11.9 Å². The second-order valence-corrected chi connectivity index (χ2v) is 3.91. The topological polar surface area (TPSA) is 161 Å². The lowest BCUT2D eigenvalue weighted by Gasteiger charge is -1.85. The summed E-state index contributed by atoms with van der Waals surface area (Å²) in [5, 5.41) is 15.8. The van der Waals surface area contributed by atoms with Crippen molar-refractivity contribution in [2.24, 2.45) is 0 Å². The second-order valence-electron chi connectivity index (χ2n) is 3.91. The maximum atomic E-state index is 9.60. The molecule has 10 nitrogen and oxygen atoms in total. The predicted molar refractivity (Wildman–Crippen MR) is 90.8 cm³/mol. The van der Waals surface area contributed by atoms with Crippen LogP contribution in [0.15, 0.2) is 24.3 Å². The maximum Gasteiger partial charge on any atom is 0.330 e. The number of carbonyl (C=O) groups is 6. The van der Waals surface area contributed by atoms with Crippen LogP contribution in [0.3, 0.4) is 0 Å². The third-order valence-electron chi connectivity index (χ3n) is 1.47. The van der Waals surface area contributed by atoms with Gasteiger partial charge < -0.3 is 38.9 Å². The van der Waals surface area contributed by atoms with E-state index in [9.17, 15) is 28.8 Å². The molecule has 0 aromatic carbocycles. The van der Waals surface area contributed by atoms with Gasteiger partial charge in [0.25, 0.3) is 0 Å². The summed E-state index contributed by atoms with van der Waals surface area (Å²) in [6.45, 7) is 9.25. The summed E-state index contributed by atoms with van der Waals surface area (Å²) in [4.78, 5) is 57.0. The van der Waals surface area contributed by atoms with Gasteiger partial charge in [0.2, 0.25) is 0 Å². The highest BCUT2D eigenvalue weighted by Gasteiger charge is 1.90. The molecule has 26 heavy (non-hydrogen) atoms. The third kappa shape index (κ3) is 49.7. The van der Waals surface area contributed by atoms with Crippen molar-refractivity contribution < 1.29 is 48.5 Å². The van der Waals surface area contributed by atoms with Gasteiger partial charge in [-0.25, -0.2) is 9.59 Å². The summed E-state index contributed by atoms with van der Waals surface area (Å²) in [6.07, 6.45) is 2.40. The van der Waals surface area contributed by atoms with E-state index >= 15 is 0 Å². The number of aldehydes is 4. The number of ether oxygens (including phenoxy) is 2. The molecule has 0 aromatic heterocycles. The first kappa shape index (κ1) is 30.9. The van der Waals surface area contributed by atoms with E-state index in [1.54, 1.807) is 0 Å². The van der Waals surface area contributed by atoms with Crippen LogP contribution in [0.25, 0.3) is 0 Å². The fourth-order valence-corrected chi connectivity index (χ4v) is 0.329. The Labute approximate surface area is 151 Å². The Balaban J connectivity index is -0.000000124. The summed E-state index contributed by atoms with van der Waals surface area (Å²) in [6, 6.07) is 0. The first-order chi connectivity index (χ1) is 12.1. The minimum atomic E-state index is -0.935. The van der Waals surface area contributed by atoms with Crippen molar-refractivity contribution in [1.82, 2.24) is 0 Å². The van der Waals surface area contributed by atoms with Gasteiger partial charge in [-0.3, -0.25) is 0 Å². The molecule has 0 saturated heterocycles. The van der Waals surface area contributed by atoms with Gasteiger partial charge in [0.15, 0.2) is 0 Å². The molecule has 0 bridgehead atoms. The smallest absolute Gasteiger partial charge is 0.330 e. The molecule has 0 unspecified atom stereocenters. The van der Waals surface area contributed by atoms with Gasteiger partial charge in [0, 0.05) is 11.1 Å². The van der Waals surface area contributed by atoms with Crippen LogP contribution in [0.4, 0.5) is 0 Å². The van der Waals surface area contributed by atoms with E-state index in [1.165, 1.54) is 13.8 Å². The summed E-state index contributed by atoms with van der Waals surface area (Å²) >= 11 is 0. The van der Waals surface area contributed by atoms with Crippen LogP contribution in [0.5, 0.6) is 0 Å².